The van der Waals surface area contributed by atoms with Crippen molar-refractivity contribution in [3.63, 3.8) is 0 Å². The summed E-state index contributed by atoms with van der Waals surface area (Å²) in [7, 11) is 0. The lowest BCUT2D eigenvalue weighted by atomic mass is 9.67. The molecule has 0 saturated carbocycles. The number of nitrogen functional groups attached to an aromatic ring is 1. The fourth-order valence-corrected chi connectivity index (χ4v) is 8.18. The van der Waals surface area contributed by atoms with E-state index in [1.54, 1.807) is 0 Å². The van der Waals surface area contributed by atoms with Crippen molar-refractivity contribution in [3.8, 4) is 45.0 Å². The second-order valence-electron chi connectivity index (χ2n) is 13.8. The second-order valence-corrected chi connectivity index (χ2v) is 13.8. The maximum Gasteiger partial charge on any atom is 0.164 e. The minimum absolute atomic E-state index is 0.519. The number of hydrogen-bond acceptors (Lipinski definition) is 4. The summed E-state index contributed by atoms with van der Waals surface area (Å²) >= 11 is 0. The third-order valence-electron chi connectivity index (χ3n) is 10.6. The highest BCUT2D eigenvalue weighted by atomic mass is 15.0. The van der Waals surface area contributed by atoms with Gasteiger partial charge in [0.05, 0.1) is 5.41 Å². The zero-order valence-corrected chi connectivity index (χ0v) is 30.3. The molecule has 0 saturated heterocycles. The van der Waals surface area contributed by atoms with Crippen molar-refractivity contribution in [3.05, 3.63) is 234 Å². The Kier molecular flexibility index (Phi) is 8.77. The molecule has 4 nitrogen and oxygen atoms in total. The molecule has 0 spiro atoms. The zero-order valence-electron chi connectivity index (χ0n) is 30.3. The van der Waals surface area contributed by atoms with E-state index in [4.69, 9.17) is 20.7 Å². The van der Waals surface area contributed by atoms with E-state index in [-0.39, 0.29) is 0 Å². The van der Waals surface area contributed by atoms with Gasteiger partial charge < -0.3 is 5.73 Å². The standard InChI is InChI=1S/C51H38N4/c1-2-19-37(50-54-48(35-20-7-3-8-21-35)53-49(55-50)36-22-9-4-10-23-36)32-38-33-46-44(34-43(38)42-29-16-18-31-47(42)52)41-28-15-17-30-45(41)51(46,39-24-11-5-12-25-39)40-26-13-6-14-27-40/h2-31,33-34H,1,32,52H2/b37-19+. The van der Waals surface area contributed by atoms with Gasteiger partial charge in [-0.2, -0.15) is 0 Å². The average molecular weight is 707 g/mol. The van der Waals surface area contributed by atoms with Crippen LogP contribution in [-0.4, -0.2) is 15.0 Å². The highest BCUT2D eigenvalue weighted by Crippen LogP contribution is 2.57. The summed E-state index contributed by atoms with van der Waals surface area (Å²) in [6, 6.07) is 63.6. The molecule has 1 heterocycles. The van der Waals surface area contributed by atoms with E-state index in [1.165, 1.54) is 33.4 Å². The van der Waals surface area contributed by atoms with E-state index in [1.807, 2.05) is 84.9 Å². The molecule has 0 atom stereocenters. The first kappa shape index (κ1) is 33.7. The molecule has 8 aromatic rings. The summed E-state index contributed by atoms with van der Waals surface area (Å²) < 4.78 is 0. The highest BCUT2D eigenvalue weighted by Gasteiger charge is 2.46. The Bertz CT molecular complexity index is 2590. The quantitative estimate of drug-likeness (QED) is 0.120. The number of aromatic nitrogens is 3. The van der Waals surface area contributed by atoms with Crippen LogP contribution in [0, 0.1) is 0 Å². The molecular weight excluding hydrogens is 669 g/mol. The number of benzene rings is 7. The van der Waals surface area contributed by atoms with Crippen LogP contribution in [-0.2, 0) is 11.8 Å². The van der Waals surface area contributed by atoms with E-state index in [9.17, 15) is 0 Å². The molecule has 1 aliphatic rings. The van der Waals surface area contributed by atoms with Gasteiger partial charge in [0.25, 0.3) is 0 Å². The number of nitrogens with zero attached hydrogens (tertiary/aromatic N) is 3. The summed E-state index contributed by atoms with van der Waals surface area (Å²) in [6.07, 6.45) is 4.37. The molecule has 0 aliphatic heterocycles. The van der Waals surface area contributed by atoms with Gasteiger partial charge in [-0.15, -0.1) is 0 Å². The highest BCUT2D eigenvalue weighted by molar-refractivity contribution is 5.92. The molecule has 0 fully saturated rings. The number of nitrogens with two attached hydrogens (primary N) is 1. The van der Waals surface area contributed by atoms with E-state index < -0.39 is 5.41 Å². The Morgan fingerprint density at radius 2 is 1.02 bits per heavy atom. The maximum atomic E-state index is 6.80. The number of anilines is 1. The Hall–Kier alpha value is -7.17. The first-order valence-corrected chi connectivity index (χ1v) is 18.6. The molecule has 4 heteroatoms. The summed E-state index contributed by atoms with van der Waals surface area (Å²) in [5.74, 6) is 1.83. The van der Waals surface area contributed by atoms with Crippen molar-refractivity contribution in [1.82, 2.24) is 15.0 Å². The van der Waals surface area contributed by atoms with Gasteiger partial charge in [0.2, 0.25) is 0 Å². The molecule has 262 valence electrons. The Balaban J connectivity index is 1.31. The summed E-state index contributed by atoms with van der Waals surface area (Å²) in [5.41, 5.74) is 20.2. The number of para-hydroxylation sites is 1. The molecule has 0 radical (unpaired) electrons. The Labute approximate surface area is 322 Å². The van der Waals surface area contributed by atoms with E-state index in [0.29, 0.717) is 23.9 Å². The largest absolute Gasteiger partial charge is 0.398 e. The predicted octanol–water partition coefficient (Wildman–Crippen LogP) is 11.6. The Morgan fingerprint density at radius 3 is 1.58 bits per heavy atom. The van der Waals surface area contributed by atoms with Crippen LogP contribution in [0.25, 0.3) is 50.6 Å². The van der Waals surface area contributed by atoms with Gasteiger partial charge in [-0.05, 0) is 56.6 Å². The van der Waals surface area contributed by atoms with Crippen molar-refractivity contribution >= 4 is 11.3 Å². The minimum atomic E-state index is -0.555. The van der Waals surface area contributed by atoms with E-state index in [0.717, 1.165) is 39.1 Å². The molecule has 0 unspecified atom stereocenters. The fraction of sp³-hybridized carbons (Fsp3) is 0.0392. The average Bonchev–Trinajstić information content (AvgIpc) is 3.54. The van der Waals surface area contributed by atoms with Gasteiger partial charge in [0, 0.05) is 34.4 Å². The molecule has 0 bridgehead atoms. The lowest BCUT2D eigenvalue weighted by Crippen LogP contribution is -2.28. The maximum absolute atomic E-state index is 6.80. The first-order valence-electron chi connectivity index (χ1n) is 18.6. The van der Waals surface area contributed by atoms with Gasteiger partial charge in [0.1, 0.15) is 0 Å². The minimum Gasteiger partial charge on any atom is -0.398 e. The monoisotopic (exact) mass is 706 g/mol. The van der Waals surface area contributed by atoms with E-state index >= 15 is 0 Å². The Morgan fingerprint density at radius 1 is 0.509 bits per heavy atom. The molecular formula is C51H38N4. The van der Waals surface area contributed by atoms with Crippen LogP contribution in [0.1, 0.15) is 33.6 Å². The van der Waals surface area contributed by atoms with Crippen LogP contribution >= 0.6 is 0 Å². The van der Waals surface area contributed by atoms with Crippen LogP contribution in [0.3, 0.4) is 0 Å². The van der Waals surface area contributed by atoms with Crippen LogP contribution in [0.15, 0.2) is 201 Å². The third kappa shape index (κ3) is 5.94. The van der Waals surface area contributed by atoms with Crippen molar-refractivity contribution < 1.29 is 0 Å². The molecule has 1 aliphatic carbocycles. The van der Waals surface area contributed by atoms with Crippen molar-refractivity contribution in [2.45, 2.75) is 11.8 Å². The van der Waals surface area contributed by atoms with Crippen LogP contribution < -0.4 is 5.73 Å². The van der Waals surface area contributed by atoms with Crippen molar-refractivity contribution in [2.75, 3.05) is 5.73 Å². The van der Waals surface area contributed by atoms with Gasteiger partial charge in [0.15, 0.2) is 17.5 Å². The zero-order chi connectivity index (χ0) is 37.2. The molecule has 7 aromatic carbocycles. The molecule has 55 heavy (non-hydrogen) atoms. The smallest absolute Gasteiger partial charge is 0.164 e. The molecule has 1 aromatic heterocycles. The van der Waals surface area contributed by atoms with Crippen LogP contribution in [0.5, 0.6) is 0 Å². The summed E-state index contributed by atoms with van der Waals surface area (Å²) in [6.45, 7) is 4.14. The van der Waals surface area contributed by atoms with Gasteiger partial charge in [-0.3, -0.25) is 0 Å². The number of rotatable bonds is 9. The van der Waals surface area contributed by atoms with E-state index in [2.05, 4.69) is 116 Å². The SMILES string of the molecule is C=C/C=C(\Cc1cc2c(cc1-c1ccccc1N)-c1ccccc1C2(c1ccccc1)c1ccccc1)c1nc(-c2ccccc2)nc(-c2ccccc2)n1. The van der Waals surface area contributed by atoms with Crippen LogP contribution in [0.2, 0.25) is 0 Å². The van der Waals surface area contributed by atoms with Crippen LogP contribution in [0.4, 0.5) is 5.69 Å². The van der Waals surface area contributed by atoms with Gasteiger partial charge in [-0.25, -0.2) is 15.0 Å². The van der Waals surface area contributed by atoms with Crippen molar-refractivity contribution in [1.29, 1.82) is 0 Å². The number of allylic oxidation sites excluding steroid dienone is 3. The van der Waals surface area contributed by atoms with Gasteiger partial charge >= 0.3 is 0 Å². The lowest BCUT2D eigenvalue weighted by molar-refractivity contribution is 0.767. The first-order chi connectivity index (χ1) is 27.1. The summed E-state index contributed by atoms with van der Waals surface area (Å²) in [5, 5.41) is 0. The van der Waals surface area contributed by atoms with Crippen molar-refractivity contribution in [2.24, 2.45) is 0 Å². The fourth-order valence-electron chi connectivity index (χ4n) is 8.18. The summed E-state index contributed by atoms with van der Waals surface area (Å²) in [4.78, 5) is 15.2. The predicted molar refractivity (Wildman–Crippen MR) is 226 cm³/mol. The van der Waals surface area contributed by atoms with Gasteiger partial charge in [-0.1, -0.05) is 189 Å². The third-order valence-corrected chi connectivity index (χ3v) is 10.6. The molecule has 2 N–H and O–H groups in total. The lowest BCUT2D eigenvalue weighted by Gasteiger charge is -2.34. The topological polar surface area (TPSA) is 64.7 Å². The molecule has 0 amide bonds. The number of hydrogen-bond donors (Lipinski definition) is 1. The number of fused-ring (bicyclic) bond motifs is 3. The normalized spacial score (nSPS) is 12.8. The second kappa shape index (κ2) is 14.3. The molecule has 9 rings (SSSR count).